The second kappa shape index (κ2) is 10.9. The summed E-state index contributed by atoms with van der Waals surface area (Å²) in [5.41, 5.74) is 5.39. The highest BCUT2D eigenvalue weighted by Crippen LogP contribution is 2.30. The molecule has 0 unspecified atom stereocenters. The van der Waals surface area contributed by atoms with Gasteiger partial charge in [-0.2, -0.15) is 0 Å². The number of amides is 1. The monoisotopic (exact) mass is 545 g/mol. The summed E-state index contributed by atoms with van der Waals surface area (Å²) in [4.78, 5) is 25.1. The molecule has 0 radical (unpaired) electrons. The van der Waals surface area contributed by atoms with Crippen molar-refractivity contribution in [1.82, 2.24) is 14.5 Å². The number of aromatic nitrogens is 2. The number of rotatable bonds is 5. The van der Waals surface area contributed by atoms with Crippen molar-refractivity contribution in [2.45, 2.75) is 26.3 Å². The Balaban J connectivity index is 1.11. The van der Waals surface area contributed by atoms with E-state index in [1.165, 1.54) is 17.7 Å². The average molecular weight is 546 g/mol. The van der Waals surface area contributed by atoms with Gasteiger partial charge in [0.15, 0.2) is 0 Å². The summed E-state index contributed by atoms with van der Waals surface area (Å²) in [6.07, 6.45) is 1.62. The Labute approximate surface area is 233 Å². The van der Waals surface area contributed by atoms with Crippen molar-refractivity contribution in [1.29, 1.82) is 0 Å². The summed E-state index contributed by atoms with van der Waals surface area (Å²) in [6, 6.07) is 20.8. The van der Waals surface area contributed by atoms with Gasteiger partial charge in [-0.3, -0.25) is 4.79 Å². The number of piperidine rings is 1. The standard InChI is InChI=1S/C31H33ClFN5O/c1-22-6-9-25(32)20-29(22)35-16-18-36(19-17-35)30(39)24-12-14-37(15-13-24)31-34-27-4-2-3-5-28(27)38(31)21-23-7-10-26(33)11-8-23/h2-11,20,24H,12-19,21H2,1H3. The maximum Gasteiger partial charge on any atom is 0.225 e. The molecule has 0 aliphatic carbocycles. The Morgan fingerprint density at radius 3 is 2.38 bits per heavy atom. The number of carbonyl (C=O) groups is 1. The van der Waals surface area contributed by atoms with Crippen LogP contribution in [-0.2, 0) is 11.3 Å². The first kappa shape index (κ1) is 25.7. The number of benzene rings is 3. The van der Waals surface area contributed by atoms with Crippen LogP contribution in [0.1, 0.15) is 24.0 Å². The quantitative estimate of drug-likeness (QED) is 0.320. The van der Waals surface area contributed by atoms with E-state index >= 15 is 0 Å². The van der Waals surface area contributed by atoms with Gasteiger partial charge in [-0.15, -0.1) is 0 Å². The molecule has 2 aliphatic heterocycles. The van der Waals surface area contributed by atoms with Crippen molar-refractivity contribution >= 4 is 40.2 Å². The molecule has 0 N–H and O–H groups in total. The van der Waals surface area contributed by atoms with E-state index in [0.29, 0.717) is 6.54 Å². The number of para-hydroxylation sites is 2. The molecule has 0 spiro atoms. The maximum absolute atomic E-state index is 13.5. The molecule has 6 nitrogen and oxygen atoms in total. The highest BCUT2D eigenvalue weighted by atomic mass is 35.5. The molecule has 1 amide bonds. The number of imidazole rings is 1. The van der Waals surface area contributed by atoms with E-state index in [9.17, 15) is 9.18 Å². The van der Waals surface area contributed by atoms with Crippen molar-refractivity contribution < 1.29 is 9.18 Å². The van der Waals surface area contributed by atoms with Crippen LogP contribution in [0.15, 0.2) is 66.7 Å². The predicted molar refractivity (Wildman–Crippen MR) is 155 cm³/mol. The van der Waals surface area contributed by atoms with E-state index in [1.807, 2.05) is 47.4 Å². The van der Waals surface area contributed by atoms with Crippen LogP contribution in [0.3, 0.4) is 0 Å². The van der Waals surface area contributed by atoms with Gasteiger partial charge in [0.1, 0.15) is 5.82 Å². The molecule has 39 heavy (non-hydrogen) atoms. The Bertz CT molecular complexity index is 1470. The lowest BCUT2D eigenvalue weighted by Gasteiger charge is -2.40. The zero-order valence-electron chi connectivity index (χ0n) is 22.2. The van der Waals surface area contributed by atoms with Crippen LogP contribution < -0.4 is 9.80 Å². The van der Waals surface area contributed by atoms with Crippen LogP contribution in [0, 0.1) is 18.7 Å². The molecule has 6 rings (SSSR count). The van der Waals surface area contributed by atoms with Crippen LogP contribution in [0.4, 0.5) is 16.0 Å². The van der Waals surface area contributed by atoms with Gasteiger partial charge in [0.05, 0.1) is 17.6 Å². The molecule has 3 heterocycles. The summed E-state index contributed by atoms with van der Waals surface area (Å²) < 4.78 is 15.7. The third-order valence-electron chi connectivity index (χ3n) is 8.12. The summed E-state index contributed by atoms with van der Waals surface area (Å²) >= 11 is 6.24. The lowest BCUT2D eigenvalue weighted by atomic mass is 9.95. The summed E-state index contributed by atoms with van der Waals surface area (Å²) in [5.74, 6) is 0.992. The van der Waals surface area contributed by atoms with Crippen molar-refractivity contribution in [3.8, 4) is 0 Å². The van der Waals surface area contributed by atoms with Gasteiger partial charge < -0.3 is 19.3 Å². The second-order valence-electron chi connectivity index (χ2n) is 10.6. The van der Waals surface area contributed by atoms with Crippen LogP contribution in [0.2, 0.25) is 5.02 Å². The topological polar surface area (TPSA) is 44.6 Å². The number of carbonyl (C=O) groups excluding carboxylic acids is 1. The number of aryl methyl sites for hydroxylation is 1. The lowest BCUT2D eigenvalue weighted by Crippen LogP contribution is -2.52. The number of halogens is 2. The fourth-order valence-electron chi connectivity index (χ4n) is 5.91. The van der Waals surface area contributed by atoms with E-state index < -0.39 is 0 Å². The highest BCUT2D eigenvalue weighted by molar-refractivity contribution is 6.30. The third kappa shape index (κ3) is 5.33. The van der Waals surface area contributed by atoms with E-state index in [1.54, 1.807) is 0 Å². The Morgan fingerprint density at radius 2 is 1.64 bits per heavy atom. The maximum atomic E-state index is 13.5. The van der Waals surface area contributed by atoms with Gasteiger partial charge in [-0.1, -0.05) is 41.9 Å². The first-order valence-electron chi connectivity index (χ1n) is 13.7. The minimum Gasteiger partial charge on any atom is -0.368 e. The average Bonchev–Trinajstić information content (AvgIpc) is 3.33. The molecule has 1 aromatic heterocycles. The molecule has 8 heteroatoms. The predicted octanol–water partition coefficient (Wildman–Crippen LogP) is 5.75. The van der Waals surface area contributed by atoms with Crippen molar-refractivity contribution in [3.05, 3.63) is 88.7 Å². The van der Waals surface area contributed by atoms with Crippen molar-refractivity contribution in [3.63, 3.8) is 0 Å². The molecule has 3 aromatic carbocycles. The zero-order chi connectivity index (χ0) is 26.9. The van der Waals surface area contributed by atoms with Gasteiger partial charge in [0.2, 0.25) is 11.9 Å². The number of hydrogen-bond donors (Lipinski definition) is 0. The number of nitrogens with zero attached hydrogens (tertiary/aromatic N) is 5. The molecular formula is C31H33ClFN5O. The fraction of sp³-hybridized carbons (Fsp3) is 0.355. The zero-order valence-corrected chi connectivity index (χ0v) is 22.9. The van der Waals surface area contributed by atoms with Crippen LogP contribution in [0.5, 0.6) is 0 Å². The number of anilines is 2. The van der Waals surface area contributed by atoms with Crippen molar-refractivity contribution in [2.75, 3.05) is 49.1 Å². The van der Waals surface area contributed by atoms with Crippen LogP contribution in [-0.4, -0.2) is 59.6 Å². The van der Waals surface area contributed by atoms with Gasteiger partial charge >= 0.3 is 0 Å². The first-order valence-corrected chi connectivity index (χ1v) is 14.1. The van der Waals surface area contributed by atoms with E-state index in [-0.39, 0.29) is 17.6 Å². The van der Waals surface area contributed by atoms with Gasteiger partial charge in [0, 0.05) is 55.9 Å². The lowest BCUT2D eigenvalue weighted by molar-refractivity contribution is -0.136. The molecule has 2 saturated heterocycles. The molecule has 202 valence electrons. The number of fused-ring (bicyclic) bond motifs is 1. The number of piperazine rings is 1. The SMILES string of the molecule is Cc1ccc(Cl)cc1N1CCN(C(=O)C2CCN(c3nc4ccccc4n3Cc3ccc(F)cc3)CC2)CC1. The Kier molecular flexibility index (Phi) is 7.17. The van der Waals surface area contributed by atoms with Gasteiger partial charge in [-0.05, 0) is 67.3 Å². The largest absolute Gasteiger partial charge is 0.368 e. The van der Waals surface area contributed by atoms with Crippen molar-refractivity contribution in [2.24, 2.45) is 5.92 Å². The molecule has 2 aliphatic rings. The second-order valence-corrected chi connectivity index (χ2v) is 11.1. The smallest absolute Gasteiger partial charge is 0.225 e. The summed E-state index contributed by atoms with van der Waals surface area (Å²) in [6.45, 7) is 7.39. The molecule has 0 bridgehead atoms. The minimum atomic E-state index is -0.234. The molecule has 2 fully saturated rings. The Morgan fingerprint density at radius 1 is 0.923 bits per heavy atom. The highest BCUT2D eigenvalue weighted by Gasteiger charge is 2.32. The van der Waals surface area contributed by atoms with Gasteiger partial charge in [0.25, 0.3) is 0 Å². The minimum absolute atomic E-state index is 0.0376. The van der Waals surface area contributed by atoms with E-state index in [2.05, 4.69) is 33.4 Å². The fourth-order valence-corrected chi connectivity index (χ4v) is 6.07. The molecule has 4 aromatic rings. The molecule has 0 atom stereocenters. The molecular weight excluding hydrogens is 513 g/mol. The summed E-state index contributed by atoms with van der Waals surface area (Å²) in [7, 11) is 0. The van der Waals surface area contributed by atoms with Crippen LogP contribution >= 0.6 is 11.6 Å². The van der Waals surface area contributed by atoms with Gasteiger partial charge in [-0.25, -0.2) is 9.37 Å². The third-order valence-corrected chi connectivity index (χ3v) is 8.35. The van der Waals surface area contributed by atoms with E-state index in [0.717, 1.165) is 85.4 Å². The van der Waals surface area contributed by atoms with E-state index in [4.69, 9.17) is 16.6 Å². The normalized spacial score (nSPS) is 16.7. The first-order chi connectivity index (χ1) is 19.0. The summed E-state index contributed by atoms with van der Waals surface area (Å²) in [5, 5.41) is 0.743. The number of hydrogen-bond acceptors (Lipinski definition) is 4. The molecule has 0 saturated carbocycles. The van der Waals surface area contributed by atoms with Crippen LogP contribution in [0.25, 0.3) is 11.0 Å². The Hall–Kier alpha value is -3.58.